The molecule has 0 saturated carbocycles. The summed E-state index contributed by atoms with van der Waals surface area (Å²) < 4.78 is 32.9. The minimum absolute atomic E-state index is 0.0542. The molecule has 0 aromatic heterocycles. The van der Waals surface area contributed by atoms with Crippen LogP contribution in [0.5, 0.6) is 0 Å². The monoisotopic (exact) mass is 856 g/mol. The van der Waals surface area contributed by atoms with Gasteiger partial charge in [-0.1, -0.05) is 212 Å². The number of nitrogens with two attached hydrogens (primary N) is 1. The first-order chi connectivity index (χ1) is 28.8. The summed E-state index contributed by atoms with van der Waals surface area (Å²) in [6.45, 7) is 3.74. The summed E-state index contributed by atoms with van der Waals surface area (Å²) in [4.78, 5) is 35.0. The molecule has 0 radical (unpaired) electrons. The molecule has 0 aromatic carbocycles. The Morgan fingerprint density at radius 2 is 0.881 bits per heavy atom. The summed E-state index contributed by atoms with van der Waals surface area (Å²) in [6, 6.07) is 0. The standard InChI is InChI=1S/C49H94NO8P/c1-3-5-7-9-11-13-15-17-19-21-22-23-24-26-28-30-32-34-36-38-40-42-49(52)58-47(46-57-59(53,54)56-44-43-50)45-55-48(51)41-39-37-35-33-31-29-27-25-20-18-16-14-12-10-8-6-4-2/h12,14,18,20,47H,3-11,13,15-17,19,21-46,50H2,1-2H3,(H,53,54)/t47-/m1/s1. The lowest BCUT2D eigenvalue weighted by Gasteiger charge is -2.19. The molecule has 0 amide bonds. The molecule has 0 aliphatic rings. The SMILES string of the molecule is CCCCCC=CCC=CCCCCCCCCCC(=O)OC[C@H](COP(=O)(O)OCCN)OC(=O)CCCCCCCCCCCCCCCCCCCCCCC. The van der Waals surface area contributed by atoms with Crippen molar-refractivity contribution in [1.82, 2.24) is 0 Å². The highest BCUT2D eigenvalue weighted by atomic mass is 31.2. The van der Waals surface area contributed by atoms with E-state index in [1.54, 1.807) is 0 Å². The quantitative estimate of drug-likeness (QED) is 0.0265. The van der Waals surface area contributed by atoms with Crippen molar-refractivity contribution < 1.29 is 37.6 Å². The third-order valence-electron chi connectivity index (χ3n) is 10.8. The van der Waals surface area contributed by atoms with Gasteiger partial charge in [0.2, 0.25) is 0 Å². The zero-order chi connectivity index (χ0) is 43.2. The van der Waals surface area contributed by atoms with E-state index in [0.717, 1.165) is 51.4 Å². The van der Waals surface area contributed by atoms with Crippen molar-refractivity contribution in [2.45, 2.75) is 251 Å². The Hall–Kier alpha value is -1.51. The lowest BCUT2D eigenvalue weighted by molar-refractivity contribution is -0.161. The summed E-state index contributed by atoms with van der Waals surface area (Å²) in [7, 11) is -4.38. The second kappa shape index (κ2) is 46.0. The predicted molar refractivity (Wildman–Crippen MR) is 247 cm³/mol. The Kier molecular flexibility index (Phi) is 44.8. The number of phosphoric acid groups is 1. The minimum Gasteiger partial charge on any atom is -0.462 e. The number of hydrogen-bond acceptors (Lipinski definition) is 8. The van der Waals surface area contributed by atoms with Crippen LogP contribution in [0.1, 0.15) is 245 Å². The van der Waals surface area contributed by atoms with E-state index in [1.165, 1.54) is 161 Å². The van der Waals surface area contributed by atoms with E-state index in [2.05, 4.69) is 38.2 Å². The fourth-order valence-electron chi connectivity index (χ4n) is 7.14. The number of rotatable bonds is 47. The highest BCUT2D eigenvalue weighted by Crippen LogP contribution is 2.43. The van der Waals surface area contributed by atoms with Crippen molar-refractivity contribution >= 4 is 19.8 Å². The number of phosphoric ester groups is 1. The van der Waals surface area contributed by atoms with Crippen LogP contribution in [-0.2, 0) is 32.7 Å². The Balaban J connectivity index is 4.04. The van der Waals surface area contributed by atoms with Gasteiger partial charge in [0.15, 0.2) is 6.10 Å². The van der Waals surface area contributed by atoms with Gasteiger partial charge >= 0.3 is 19.8 Å². The molecule has 0 aliphatic carbocycles. The second-order valence-corrected chi connectivity index (χ2v) is 18.1. The van der Waals surface area contributed by atoms with E-state index in [1.807, 2.05) is 0 Å². The topological polar surface area (TPSA) is 134 Å². The smallest absolute Gasteiger partial charge is 0.462 e. The average Bonchev–Trinajstić information content (AvgIpc) is 3.22. The van der Waals surface area contributed by atoms with Crippen LogP contribution in [0.2, 0.25) is 0 Å². The van der Waals surface area contributed by atoms with Crippen LogP contribution in [-0.4, -0.2) is 49.3 Å². The predicted octanol–water partition coefficient (Wildman–Crippen LogP) is 14.7. The van der Waals surface area contributed by atoms with E-state index in [-0.39, 0.29) is 38.6 Å². The first-order valence-corrected chi connectivity index (χ1v) is 26.3. The lowest BCUT2D eigenvalue weighted by atomic mass is 10.0. The fourth-order valence-corrected chi connectivity index (χ4v) is 7.90. The summed E-state index contributed by atoms with van der Waals surface area (Å²) in [5.41, 5.74) is 5.36. The van der Waals surface area contributed by atoms with Gasteiger partial charge in [-0.2, -0.15) is 0 Å². The molecule has 0 rings (SSSR count). The van der Waals surface area contributed by atoms with Gasteiger partial charge in [0.25, 0.3) is 0 Å². The van der Waals surface area contributed by atoms with E-state index in [4.69, 9.17) is 24.3 Å². The number of carbonyl (C=O) groups is 2. The largest absolute Gasteiger partial charge is 0.472 e. The normalized spacial score (nSPS) is 13.4. The van der Waals surface area contributed by atoms with Crippen LogP contribution in [0.4, 0.5) is 0 Å². The van der Waals surface area contributed by atoms with Gasteiger partial charge in [0.05, 0.1) is 13.2 Å². The van der Waals surface area contributed by atoms with E-state index in [9.17, 15) is 19.0 Å². The molecule has 0 bridgehead atoms. The lowest BCUT2D eigenvalue weighted by Crippen LogP contribution is -2.29. The number of hydrogen-bond donors (Lipinski definition) is 2. The van der Waals surface area contributed by atoms with Crippen molar-refractivity contribution in [2.24, 2.45) is 5.73 Å². The highest BCUT2D eigenvalue weighted by molar-refractivity contribution is 7.47. The van der Waals surface area contributed by atoms with Crippen LogP contribution < -0.4 is 5.73 Å². The van der Waals surface area contributed by atoms with E-state index in [0.29, 0.717) is 6.42 Å². The average molecular weight is 856 g/mol. The van der Waals surface area contributed by atoms with Gasteiger partial charge in [-0.15, -0.1) is 0 Å². The number of unbranched alkanes of at least 4 members (excludes halogenated alkanes) is 30. The molecule has 0 aliphatic heterocycles. The van der Waals surface area contributed by atoms with Crippen molar-refractivity contribution in [3.63, 3.8) is 0 Å². The molecule has 0 fully saturated rings. The van der Waals surface area contributed by atoms with E-state index >= 15 is 0 Å². The molecule has 0 heterocycles. The Morgan fingerprint density at radius 3 is 1.32 bits per heavy atom. The van der Waals surface area contributed by atoms with Crippen molar-refractivity contribution in [2.75, 3.05) is 26.4 Å². The summed E-state index contributed by atoms with van der Waals surface area (Å²) >= 11 is 0. The number of esters is 2. The molecule has 10 heteroatoms. The van der Waals surface area contributed by atoms with Gasteiger partial charge in [0.1, 0.15) is 6.61 Å². The van der Waals surface area contributed by atoms with Crippen molar-refractivity contribution in [1.29, 1.82) is 0 Å². The van der Waals surface area contributed by atoms with E-state index < -0.39 is 26.5 Å². The van der Waals surface area contributed by atoms with Crippen molar-refractivity contribution in [3.05, 3.63) is 24.3 Å². The summed E-state index contributed by atoms with van der Waals surface area (Å²) in [6.07, 6.45) is 50.7. The second-order valence-electron chi connectivity index (χ2n) is 16.7. The molecule has 0 aromatic rings. The maximum Gasteiger partial charge on any atom is 0.472 e. The molecule has 348 valence electrons. The zero-order valence-corrected chi connectivity index (χ0v) is 39.4. The number of allylic oxidation sites excluding steroid dienone is 4. The van der Waals surface area contributed by atoms with Gasteiger partial charge in [-0.05, 0) is 44.9 Å². The third-order valence-corrected chi connectivity index (χ3v) is 11.8. The first-order valence-electron chi connectivity index (χ1n) is 24.8. The van der Waals surface area contributed by atoms with Crippen LogP contribution in [0, 0.1) is 0 Å². The fraction of sp³-hybridized carbons (Fsp3) is 0.878. The van der Waals surface area contributed by atoms with Gasteiger partial charge in [-0.3, -0.25) is 18.6 Å². The van der Waals surface area contributed by atoms with Crippen LogP contribution in [0.3, 0.4) is 0 Å². The third kappa shape index (κ3) is 45.8. The number of ether oxygens (including phenoxy) is 2. The maximum absolute atomic E-state index is 12.6. The van der Waals surface area contributed by atoms with Crippen LogP contribution >= 0.6 is 7.82 Å². The molecule has 9 nitrogen and oxygen atoms in total. The van der Waals surface area contributed by atoms with Gasteiger partial charge < -0.3 is 20.1 Å². The Bertz CT molecular complexity index is 1020. The summed E-state index contributed by atoms with van der Waals surface area (Å²) in [5, 5.41) is 0. The molecule has 3 N–H and O–H groups in total. The maximum atomic E-state index is 12.6. The Labute approximate surface area is 363 Å². The molecule has 2 atom stereocenters. The molecule has 0 saturated heterocycles. The molecule has 59 heavy (non-hydrogen) atoms. The van der Waals surface area contributed by atoms with Crippen LogP contribution in [0.25, 0.3) is 0 Å². The van der Waals surface area contributed by atoms with Crippen LogP contribution in [0.15, 0.2) is 24.3 Å². The zero-order valence-electron chi connectivity index (χ0n) is 38.5. The molecular weight excluding hydrogens is 762 g/mol. The van der Waals surface area contributed by atoms with Crippen molar-refractivity contribution in [3.8, 4) is 0 Å². The Morgan fingerprint density at radius 1 is 0.508 bits per heavy atom. The molecule has 0 spiro atoms. The molecule has 1 unspecified atom stereocenters. The molecular formula is C49H94NO8P. The summed E-state index contributed by atoms with van der Waals surface area (Å²) in [5.74, 6) is -0.825. The minimum atomic E-state index is -4.38. The number of carbonyl (C=O) groups excluding carboxylic acids is 2. The highest BCUT2D eigenvalue weighted by Gasteiger charge is 2.26. The first kappa shape index (κ1) is 57.5. The van der Waals surface area contributed by atoms with Gasteiger partial charge in [0, 0.05) is 19.4 Å². The van der Waals surface area contributed by atoms with Gasteiger partial charge in [-0.25, -0.2) is 4.57 Å².